The number of aromatic nitrogens is 2. The fourth-order valence-corrected chi connectivity index (χ4v) is 3.55. The molecule has 1 heterocycles. The zero-order chi connectivity index (χ0) is 14.9. The van der Waals surface area contributed by atoms with E-state index in [2.05, 4.69) is 41.7 Å². The van der Waals surface area contributed by atoms with Gasteiger partial charge in [0.25, 0.3) is 10.0 Å². The third-order valence-corrected chi connectivity index (χ3v) is 5.11. The maximum Gasteiger partial charge on any atom is 0.267 e. The fourth-order valence-electron chi connectivity index (χ4n) is 1.56. The Balaban J connectivity index is 2.40. The van der Waals surface area contributed by atoms with Gasteiger partial charge in [-0.15, -0.1) is 0 Å². The van der Waals surface area contributed by atoms with Crippen molar-refractivity contribution in [1.82, 2.24) is 9.78 Å². The second-order valence-electron chi connectivity index (χ2n) is 3.96. The van der Waals surface area contributed by atoms with Gasteiger partial charge in [-0.2, -0.15) is 5.10 Å². The van der Waals surface area contributed by atoms with Crippen molar-refractivity contribution < 1.29 is 8.42 Å². The number of hydrogen-bond acceptors (Lipinski definition) is 4. The Morgan fingerprint density at radius 3 is 2.70 bits per heavy atom. The van der Waals surface area contributed by atoms with E-state index in [1.54, 1.807) is 18.2 Å². The molecule has 0 aliphatic heterocycles. The highest BCUT2D eigenvalue weighted by Crippen LogP contribution is 2.29. The lowest BCUT2D eigenvalue weighted by Crippen LogP contribution is -2.14. The second kappa shape index (κ2) is 5.74. The Morgan fingerprint density at radius 1 is 1.40 bits per heavy atom. The van der Waals surface area contributed by atoms with E-state index >= 15 is 0 Å². The van der Waals surface area contributed by atoms with Gasteiger partial charge >= 0.3 is 0 Å². The van der Waals surface area contributed by atoms with Gasteiger partial charge in [0.05, 0.1) is 5.69 Å². The molecule has 0 fully saturated rings. The minimum Gasteiger partial charge on any atom is -0.381 e. The van der Waals surface area contributed by atoms with E-state index in [1.807, 2.05) is 6.92 Å². The zero-order valence-electron chi connectivity index (χ0n) is 10.5. The summed E-state index contributed by atoms with van der Waals surface area (Å²) in [5.41, 5.74) is 6.07. The van der Waals surface area contributed by atoms with E-state index in [-0.39, 0.29) is 10.7 Å². The number of benzene rings is 1. The monoisotopic (exact) mass is 422 g/mol. The van der Waals surface area contributed by atoms with Crippen LogP contribution in [0.1, 0.15) is 6.92 Å². The molecule has 1 aromatic carbocycles. The molecule has 9 heteroatoms. The third-order valence-electron chi connectivity index (χ3n) is 2.54. The molecule has 0 saturated heterocycles. The van der Waals surface area contributed by atoms with E-state index in [9.17, 15) is 8.42 Å². The molecule has 0 unspecified atom stereocenters. The molecule has 0 atom stereocenters. The van der Waals surface area contributed by atoms with Crippen molar-refractivity contribution in [3.63, 3.8) is 0 Å². The predicted molar refractivity (Wildman–Crippen MR) is 85.0 cm³/mol. The van der Waals surface area contributed by atoms with Crippen LogP contribution in [0.15, 0.2) is 38.2 Å². The molecular weight excluding hydrogens is 412 g/mol. The first kappa shape index (κ1) is 15.3. The van der Waals surface area contributed by atoms with Crippen molar-refractivity contribution in [3.8, 4) is 0 Å². The standard InChI is InChI=1S/C11H12Br2N4O2S/c1-2-17-6-10(11(14)15-17)20(18,19)16-9-5-7(12)3-4-8(9)13/h3-6,16H,2H2,1H3,(H2,14,15). The quantitative estimate of drug-likeness (QED) is 0.790. The number of sulfonamides is 1. The van der Waals surface area contributed by atoms with Crippen molar-refractivity contribution >= 4 is 53.4 Å². The molecule has 0 radical (unpaired) electrons. The van der Waals surface area contributed by atoms with Crippen molar-refractivity contribution in [2.45, 2.75) is 18.4 Å². The number of aryl methyl sites for hydroxylation is 1. The SMILES string of the molecule is CCn1cc(S(=O)(=O)Nc2cc(Br)ccc2Br)c(N)n1. The van der Waals surface area contributed by atoms with Gasteiger partial charge in [-0.3, -0.25) is 9.40 Å². The molecule has 0 amide bonds. The number of nitrogen functional groups attached to an aromatic ring is 1. The molecular formula is C11H12Br2N4O2S. The van der Waals surface area contributed by atoms with Crippen LogP contribution in [-0.2, 0) is 16.6 Å². The number of anilines is 2. The van der Waals surface area contributed by atoms with Crippen LogP contribution in [0.4, 0.5) is 11.5 Å². The number of hydrogen-bond donors (Lipinski definition) is 2. The van der Waals surface area contributed by atoms with E-state index in [0.717, 1.165) is 4.47 Å². The molecule has 1 aromatic heterocycles. The van der Waals surface area contributed by atoms with Crippen LogP contribution in [0.25, 0.3) is 0 Å². The lowest BCUT2D eigenvalue weighted by Gasteiger charge is -2.09. The number of nitrogens with zero attached hydrogens (tertiary/aromatic N) is 2. The van der Waals surface area contributed by atoms with Crippen LogP contribution in [0.5, 0.6) is 0 Å². The summed E-state index contributed by atoms with van der Waals surface area (Å²) in [4.78, 5) is -0.0359. The zero-order valence-corrected chi connectivity index (χ0v) is 14.5. The average Bonchev–Trinajstić information content (AvgIpc) is 2.76. The van der Waals surface area contributed by atoms with E-state index in [4.69, 9.17) is 5.73 Å². The minimum absolute atomic E-state index is 0.0227. The van der Waals surface area contributed by atoms with Crippen LogP contribution in [0.3, 0.4) is 0 Å². The van der Waals surface area contributed by atoms with E-state index < -0.39 is 10.0 Å². The molecule has 0 saturated carbocycles. The Bertz CT molecular complexity index is 743. The lowest BCUT2D eigenvalue weighted by molar-refractivity contribution is 0.600. The minimum atomic E-state index is -3.78. The molecule has 2 rings (SSSR count). The van der Waals surface area contributed by atoms with Gasteiger partial charge in [0.15, 0.2) is 5.82 Å². The maximum atomic E-state index is 12.3. The topological polar surface area (TPSA) is 90.0 Å². The predicted octanol–water partition coefficient (Wildman–Crippen LogP) is 2.81. The summed E-state index contributed by atoms with van der Waals surface area (Å²) in [6.45, 7) is 2.39. The fraction of sp³-hybridized carbons (Fsp3) is 0.182. The number of rotatable bonds is 4. The molecule has 2 aromatic rings. The van der Waals surface area contributed by atoms with Crippen LogP contribution in [-0.4, -0.2) is 18.2 Å². The van der Waals surface area contributed by atoms with Gasteiger partial charge in [0.2, 0.25) is 0 Å². The molecule has 6 nitrogen and oxygen atoms in total. The molecule has 3 N–H and O–H groups in total. The normalized spacial score (nSPS) is 11.6. The highest BCUT2D eigenvalue weighted by atomic mass is 79.9. The number of nitrogens with two attached hydrogens (primary N) is 1. The van der Waals surface area contributed by atoms with Crippen molar-refractivity contribution in [2.24, 2.45) is 0 Å². The molecule has 0 bridgehead atoms. The number of nitrogens with one attached hydrogen (secondary N) is 1. The van der Waals surface area contributed by atoms with E-state index in [1.165, 1.54) is 10.9 Å². The molecule has 0 aliphatic rings. The van der Waals surface area contributed by atoms with E-state index in [0.29, 0.717) is 16.7 Å². The largest absolute Gasteiger partial charge is 0.381 e. The van der Waals surface area contributed by atoms with Crippen LogP contribution >= 0.6 is 31.9 Å². The van der Waals surface area contributed by atoms with Gasteiger partial charge in [-0.05, 0) is 41.1 Å². The summed E-state index contributed by atoms with van der Waals surface area (Å²) in [7, 11) is -3.78. The highest BCUT2D eigenvalue weighted by Gasteiger charge is 2.22. The Kier molecular flexibility index (Phi) is 4.40. The summed E-state index contributed by atoms with van der Waals surface area (Å²) in [5.74, 6) is -0.0227. The first-order valence-electron chi connectivity index (χ1n) is 5.64. The first-order chi connectivity index (χ1) is 9.33. The van der Waals surface area contributed by atoms with Gasteiger partial charge in [0, 0.05) is 21.7 Å². The van der Waals surface area contributed by atoms with Crippen LogP contribution in [0, 0.1) is 0 Å². The maximum absolute atomic E-state index is 12.3. The Hall–Kier alpha value is -1.06. The summed E-state index contributed by atoms with van der Waals surface area (Å²) < 4.78 is 30.0. The van der Waals surface area contributed by atoms with Crippen molar-refractivity contribution in [2.75, 3.05) is 10.5 Å². The molecule has 0 spiro atoms. The van der Waals surface area contributed by atoms with Crippen LogP contribution in [0.2, 0.25) is 0 Å². The molecule has 108 valence electrons. The Morgan fingerprint density at radius 2 is 2.10 bits per heavy atom. The van der Waals surface area contributed by atoms with Crippen LogP contribution < -0.4 is 10.5 Å². The van der Waals surface area contributed by atoms with Gasteiger partial charge in [-0.1, -0.05) is 15.9 Å². The lowest BCUT2D eigenvalue weighted by atomic mass is 10.3. The highest BCUT2D eigenvalue weighted by molar-refractivity contribution is 9.11. The third kappa shape index (κ3) is 3.15. The summed E-state index contributed by atoms with van der Waals surface area (Å²) in [6.07, 6.45) is 1.41. The van der Waals surface area contributed by atoms with Crippen molar-refractivity contribution in [1.29, 1.82) is 0 Å². The molecule has 20 heavy (non-hydrogen) atoms. The summed E-state index contributed by atoms with van der Waals surface area (Å²) in [6, 6.07) is 5.19. The summed E-state index contributed by atoms with van der Waals surface area (Å²) in [5, 5.41) is 3.93. The Labute approximate surface area is 133 Å². The van der Waals surface area contributed by atoms with Crippen molar-refractivity contribution in [3.05, 3.63) is 33.3 Å². The van der Waals surface area contributed by atoms with Gasteiger partial charge in [-0.25, -0.2) is 8.42 Å². The molecule has 0 aliphatic carbocycles. The smallest absolute Gasteiger partial charge is 0.267 e. The second-order valence-corrected chi connectivity index (χ2v) is 7.38. The van der Waals surface area contributed by atoms with Gasteiger partial charge in [0.1, 0.15) is 4.90 Å². The summed E-state index contributed by atoms with van der Waals surface area (Å²) >= 11 is 6.59. The average molecular weight is 424 g/mol. The first-order valence-corrected chi connectivity index (χ1v) is 8.71. The van der Waals surface area contributed by atoms with Gasteiger partial charge < -0.3 is 5.73 Å². The number of halogens is 2.